The first-order chi connectivity index (χ1) is 27.1. The van der Waals surface area contributed by atoms with E-state index >= 15 is 0 Å². The zero-order valence-electron chi connectivity index (χ0n) is 31.3. The van der Waals surface area contributed by atoms with Crippen LogP contribution in [0.2, 0.25) is 0 Å². The highest BCUT2D eigenvalue weighted by molar-refractivity contribution is 7.32. The van der Waals surface area contributed by atoms with E-state index in [1.807, 2.05) is 113 Å². The van der Waals surface area contributed by atoms with Crippen LogP contribution in [0.3, 0.4) is 0 Å². The van der Waals surface area contributed by atoms with Gasteiger partial charge >= 0.3 is 0 Å². The van der Waals surface area contributed by atoms with E-state index in [4.69, 9.17) is 0 Å². The third-order valence-corrected chi connectivity index (χ3v) is 22.7. The van der Waals surface area contributed by atoms with Gasteiger partial charge in [-0.25, -0.2) is 0 Å². The van der Waals surface area contributed by atoms with Crippen LogP contribution in [0.4, 0.5) is 0 Å². The molecular weight excluding hydrogens is 873 g/mol. The van der Waals surface area contributed by atoms with Gasteiger partial charge in [0, 0.05) is 97.5 Å². The van der Waals surface area contributed by atoms with E-state index < -0.39 is 0 Å². The second kappa shape index (κ2) is 15.0. The number of hydrogen-bond acceptors (Lipinski definition) is 10. The summed E-state index contributed by atoms with van der Waals surface area (Å²) < 4.78 is 0. The second-order valence-electron chi connectivity index (χ2n) is 14.0. The van der Waals surface area contributed by atoms with Gasteiger partial charge in [-0.05, 0) is 161 Å². The van der Waals surface area contributed by atoms with Crippen LogP contribution in [0.15, 0.2) is 97.1 Å². The Morgan fingerprint density at radius 2 is 0.429 bits per heavy atom. The average Bonchev–Trinajstić information content (AvgIpc) is 4.01. The van der Waals surface area contributed by atoms with E-state index in [1.54, 1.807) is 0 Å². The van der Waals surface area contributed by atoms with Crippen molar-refractivity contribution in [2.45, 2.75) is 41.5 Å². The molecule has 0 aliphatic carbocycles. The summed E-state index contributed by atoms with van der Waals surface area (Å²) in [6.45, 7) is 13.4. The Morgan fingerprint density at radius 3 is 0.679 bits per heavy atom. The van der Waals surface area contributed by atoms with Crippen molar-refractivity contribution >= 4 is 113 Å². The summed E-state index contributed by atoms with van der Waals surface area (Å²) in [4.78, 5) is 27.3. The fourth-order valence-electron chi connectivity index (χ4n) is 7.04. The van der Waals surface area contributed by atoms with Gasteiger partial charge in [-0.15, -0.1) is 113 Å². The van der Waals surface area contributed by atoms with E-state index in [2.05, 4.69) is 139 Å². The molecule has 278 valence electrons. The Morgan fingerprint density at radius 1 is 0.214 bits per heavy atom. The van der Waals surface area contributed by atoms with Crippen molar-refractivity contribution in [1.29, 1.82) is 0 Å². The largest absolute Gasteiger partial charge is 0.139 e. The minimum absolute atomic E-state index is 1.34. The minimum Gasteiger partial charge on any atom is -0.139 e. The number of rotatable bonds is 9. The summed E-state index contributed by atoms with van der Waals surface area (Å²) in [6, 6.07) is 37.0. The SMILES string of the molecule is Cc1cc(C)c(-c2ccc(-c3ccc(-c4ccc(-c5sc(-c6cc(C)c(-c7ccc(-c8ccc(-c9ccc(-c%10sc(C)cc%10C)s9)s8)s7)s6)cc5C)s4)s3)s2)s1. The van der Waals surface area contributed by atoms with Gasteiger partial charge in [0.2, 0.25) is 0 Å². The quantitative estimate of drug-likeness (QED) is 0.135. The van der Waals surface area contributed by atoms with Gasteiger partial charge in [0.05, 0.1) is 0 Å². The molecule has 0 radical (unpaired) electrons. The minimum atomic E-state index is 1.34. The molecule has 56 heavy (non-hydrogen) atoms. The molecule has 0 fully saturated rings. The van der Waals surface area contributed by atoms with Gasteiger partial charge in [-0.1, -0.05) is 0 Å². The molecular formula is C46H34S10. The molecule has 0 amide bonds. The van der Waals surface area contributed by atoms with Crippen LogP contribution in [0.25, 0.3) is 87.8 Å². The predicted molar refractivity (Wildman–Crippen MR) is 263 cm³/mol. The molecule has 10 heterocycles. The Bertz CT molecular complexity index is 2800. The lowest BCUT2D eigenvalue weighted by molar-refractivity contribution is 1.51. The highest BCUT2D eigenvalue weighted by atomic mass is 32.1. The molecule has 0 saturated heterocycles. The first-order valence-electron chi connectivity index (χ1n) is 18.1. The summed E-state index contributed by atoms with van der Waals surface area (Å²) in [7, 11) is 0. The van der Waals surface area contributed by atoms with Crippen LogP contribution in [-0.2, 0) is 0 Å². The molecule has 0 atom stereocenters. The Labute approximate surface area is 368 Å². The normalized spacial score (nSPS) is 11.8. The first kappa shape index (κ1) is 37.3. The monoisotopic (exact) mass is 906 g/mol. The van der Waals surface area contributed by atoms with Crippen molar-refractivity contribution in [3.8, 4) is 87.8 Å². The van der Waals surface area contributed by atoms with Crippen molar-refractivity contribution < 1.29 is 0 Å². The molecule has 0 bridgehead atoms. The van der Waals surface area contributed by atoms with Gasteiger partial charge in [-0.3, -0.25) is 0 Å². The van der Waals surface area contributed by atoms with Crippen molar-refractivity contribution in [3.63, 3.8) is 0 Å². The Hall–Kier alpha value is -3.00. The standard InChI is InChI=1S/C46H34S10/c1-23-19-27(5)47-43(23)37-15-11-33(51-37)29-7-9-31(49-29)35-13-17-39(53-35)45-25(3)21-41(55-45)42-22-26(4)46(56-42)40-18-14-36(54-40)32-10-8-30(50-32)34-12-16-38(52-34)44-24(2)20-28(6)48-44/h7-22H,1-6H3. The van der Waals surface area contributed by atoms with Crippen molar-refractivity contribution in [2.75, 3.05) is 0 Å². The fraction of sp³-hybridized carbons (Fsp3) is 0.130. The van der Waals surface area contributed by atoms with E-state index in [-0.39, 0.29) is 0 Å². The summed E-state index contributed by atoms with van der Waals surface area (Å²) in [5, 5.41) is 0. The fourth-order valence-corrected chi connectivity index (χ4v) is 18.6. The molecule has 0 N–H and O–H groups in total. The number of thiophene rings is 10. The molecule has 0 aliphatic heterocycles. The third kappa shape index (κ3) is 7.00. The van der Waals surface area contributed by atoms with E-state index in [1.165, 1.54) is 120 Å². The smallest absolute Gasteiger partial charge is 0.0478 e. The summed E-state index contributed by atoms with van der Waals surface area (Å²) >= 11 is 19.1. The van der Waals surface area contributed by atoms with Gasteiger partial charge in [0.15, 0.2) is 0 Å². The van der Waals surface area contributed by atoms with Crippen LogP contribution in [0.1, 0.15) is 32.0 Å². The zero-order chi connectivity index (χ0) is 38.2. The molecule has 10 aromatic heterocycles. The lowest BCUT2D eigenvalue weighted by Crippen LogP contribution is -1.67. The summed E-state index contributed by atoms with van der Waals surface area (Å²) in [6.07, 6.45) is 0. The molecule has 0 saturated carbocycles. The highest BCUT2D eigenvalue weighted by Crippen LogP contribution is 2.50. The Kier molecular flexibility index (Phi) is 9.98. The van der Waals surface area contributed by atoms with Crippen LogP contribution < -0.4 is 0 Å². The van der Waals surface area contributed by atoms with Gasteiger partial charge in [0.1, 0.15) is 0 Å². The average molecular weight is 907 g/mol. The molecule has 0 spiro atoms. The Balaban J connectivity index is 0.853. The highest BCUT2D eigenvalue weighted by Gasteiger charge is 2.19. The molecule has 0 nitrogen and oxygen atoms in total. The number of aryl methyl sites for hydroxylation is 6. The molecule has 10 heteroatoms. The predicted octanol–water partition coefficient (Wildman–Crippen LogP) is 19.2. The maximum absolute atomic E-state index is 2.40. The molecule has 0 aromatic carbocycles. The van der Waals surface area contributed by atoms with Gasteiger partial charge < -0.3 is 0 Å². The third-order valence-electron chi connectivity index (χ3n) is 9.66. The van der Waals surface area contributed by atoms with Crippen molar-refractivity contribution in [1.82, 2.24) is 0 Å². The summed E-state index contributed by atoms with van der Waals surface area (Å²) in [5.74, 6) is 0. The van der Waals surface area contributed by atoms with Crippen LogP contribution in [0.5, 0.6) is 0 Å². The van der Waals surface area contributed by atoms with E-state index in [0.717, 1.165) is 0 Å². The van der Waals surface area contributed by atoms with Gasteiger partial charge in [0.25, 0.3) is 0 Å². The molecule has 10 rings (SSSR count). The lowest BCUT2D eigenvalue weighted by atomic mass is 10.2. The first-order valence-corrected chi connectivity index (χ1v) is 26.3. The maximum atomic E-state index is 2.40. The molecule has 10 aromatic rings. The maximum Gasteiger partial charge on any atom is 0.0478 e. The molecule has 0 unspecified atom stereocenters. The van der Waals surface area contributed by atoms with Crippen LogP contribution >= 0.6 is 113 Å². The van der Waals surface area contributed by atoms with Crippen LogP contribution in [0, 0.1) is 41.5 Å². The topological polar surface area (TPSA) is 0 Å². The lowest BCUT2D eigenvalue weighted by Gasteiger charge is -1.95. The van der Waals surface area contributed by atoms with Crippen molar-refractivity contribution in [2.24, 2.45) is 0 Å². The van der Waals surface area contributed by atoms with Gasteiger partial charge in [-0.2, -0.15) is 0 Å². The van der Waals surface area contributed by atoms with E-state index in [0.29, 0.717) is 0 Å². The zero-order valence-corrected chi connectivity index (χ0v) is 39.5. The summed E-state index contributed by atoms with van der Waals surface area (Å²) in [5.41, 5.74) is 5.47. The second-order valence-corrected chi connectivity index (χ2v) is 25.1. The number of hydrogen-bond donors (Lipinski definition) is 0. The van der Waals surface area contributed by atoms with E-state index in [9.17, 15) is 0 Å². The van der Waals surface area contributed by atoms with Crippen molar-refractivity contribution in [3.05, 3.63) is 129 Å². The van der Waals surface area contributed by atoms with Crippen LogP contribution in [-0.4, -0.2) is 0 Å². The molecule has 0 aliphatic rings.